The Bertz CT molecular complexity index is 1050. The van der Waals surface area contributed by atoms with Gasteiger partial charge in [0, 0.05) is 47.0 Å². The van der Waals surface area contributed by atoms with Gasteiger partial charge in [-0.2, -0.15) is 0 Å². The van der Waals surface area contributed by atoms with Gasteiger partial charge in [0.2, 0.25) is 0 Å². The van der Waals surface area contributed by atoms with Gasteiger partial charge in [0.1, 0.15) is 24.1 Å². The lowest BCUT2D eigenvalue weighted by Crippen LogP contribution is -2.21. The number of aromatic amines is 1. The molecule has 134 valence electrons. The molecule has 6 heteroatoms. The number of rotatable bonds is 5. The highest BCUT2D eigenvalue weighted by molar-refractivity contribution is 5.98. The second-order valence-electron chi connectivity index (χ2n) is 6.56. The number of H-pyrrole nitrogens is 1. The lowest BCUT2D eigenvalue weighted by atomic mass is 10.1. The summed E-state index contributed by atoms with van der Waals surface area (Å²) in [6.45, 7) is 1.71. The van der Waals surface area contributed by atoms with Gasteiger partial charge in [-0.05, 0) is 42.8 Å². The molecule has 1 unspecified atom stereocenters. The van der Waals surface area contributed by atoms with Crippen molar-refractivity contribution in [3.05, 3.63) is 48.3 Å². The van der Waals surface area contributed by atoms with E-state index in [9.17, 15) is 5.11 Å². The Morgan fingerprint density at radius 2 is 2.15 bits per heavy atom. The fourth-order valence-corrected chi connectivity index (χ4v) is 3.22. The third-order valence-electron chi connectivity index (χ3n) is 4.61. The topological polar surface area (TPSA) is 83.3 Å². The number of fused-ring (bicyclic) bond motifs is 2. The van der Waals surface area contributed by atoms with Gasteiger partial charge in [-0.3, -0.25) is 0 Å². The van der Waals surface area contributed by atoms with Crippen LogP contribution in [-0.2, 0) is 7.05 Å². The summed E-state index contributed by atoms with van der Waals surface area (Å²) in [6.07, 6.45) is 2.97. The summed E-state index contributed by atoms with van der Waals surface area (Å²) in [6, 6.07) is 10.1. The van der Waals surface area contributed by atoms with Gasteiger partial charge in [0.15, 0.2) is 0 Å². The largest absolute Gasteiger partial charge is 0.491 e. The molecule has 1 atom stereocenters. The first-order chi connectivity index (χ1) is 12.6. The monoisotopic (exact) mass is 351 g/mol. The average Bonchev–Trinajstić information content (AvgIpc) is 3.20. The fourth-order valence-electron chi connectivity index (χ4n) is 3.22. The maximum Gasteiger partial charge on any atom is 0.137 e. The predicted octanol–water partition coefficient (Wildman–Crippen LogP) is 2.76. The second kappa shape index (κ2) is 6.48. The van der Waals surface area contributed by atoms with Crippen LogP contribution in [0.1, 0.15) is 5.56 Å². The van der Waals surface area contributed by atoms with Crippen LogP contribution in [0.2, 0.25) is 0 Å². The Hall–Kier alpha value is -2.83. The van der Waals surface area contributed by atoms with Gasteiger partial charge in [-0.1, -0.05) is 0 Å². The van der Waals surface area contributed by atoms with Crippen LogP contribution in [0.25, 0.3) is 33.2 Å². The van der Waals surface area contributed by atoms with Crippen molar-refractivity contribution in [1.29, 1.82) is 0 Å². The van der Waals surface area contributed by atoms with Gasteiger partial charge >= 0.3 is 0 Å². The van der Waals surface area contributed by atoms with Crippen molar-refractivity contribution >= 4 is 21.9 Å². The average molecular weight is 351 g/mol. The zero-order valence-corrected chi connectivity index (χ0v) is 14.7. The first-order valence-electron chi connectivity index (χ1n) is 8.52. The number of nitrogens with zero attached hydrogens (tertiary/aromatic N) is 2. The van der Waals surface area contributed by atoms with E-state index in [-0.39, 0.29) is 13.2 Å². The first-order valence-corrected chi connectivity index (χ1v) is 8.52. The summed E-state index contributed by atoms with van der Waals surface area (Å²) in [5.41, 5.74) is 4.99. The molecular formula is C20H21N3O3. The minimum atomic E-state index is -0.889. The number of nitrogens with one attached hydrogen (secondary N) is 1. The highest BCUT2D eigenvalue weighted by atomic mass is 16.5. The Morgan fingerprint density at radius 3 is 2.92 bits per heavy atom. The van der Waals surface area contributed by atoms with Crippen molar-refractivity contribution in [2.75, 3.05) is 13.2 Å². The molecular weight excluding hydrogens is 330 g/mol. The van der Waals surface area contributed by atoms with Crippen LogP contribution in [0.15, 0.2) is 42.7 Å². The van der Waals surface area contributed by atoms with Crippen LogP contribution in [0.5, 0.6) is 5.75 Å². The van der Waals surface area contributed by atoms with Gasteiger partial charge in [0.25, 0.3) is 0 Å². The van der Waals surface area contributed by atoms with Crippen LogP contribution in [0.4, 0.5) is 0 Å². The molecule has 6 nitrogen and oxygen atoms in total. The lowest BCUT2D eigenvalue weighted by Gasteiger charge is -2.12. The first kappa shape index (κ1) is 16.6. The summed E-state index contributed by atoms with van der Waals surface area (Å²) in [5, 5.41) is 20.6. The molecule has 0 radical (unpaired) electrons. The summed E-state index contributed by atoms with van der Waals surface area (Å²) >= 11 is 0. The minimum absolute atomic E-state index is 0.0569. The fraction of sp³-hybridized carbons (Fsp3) is 0.250. The smallest absolute Gasteiger partial charge is 0.137 e. The number of hydrogen-bond acceptors (Lipinski definition) is 4. The minimum Gasteiger partial charge on any atom is -0.491 e. The number of benzene rings is 1. The van der Waals surface area contributed by atoms with E-state index in [0.717, 1.165) is 38.8 Å². The van der Waals surface area contributed by atoms with Crippen molar-refractivity contribution in [3.8, 4) is 17.0 Å². The predicted molar refractivity (Wildman–Crippen MR) is 101 cm³/mol. The molecule has 0 amide bonds. The molecule has 0 aliphatic heterocycles. The molecule has 0 spiro atoms. The van der Waals surface area contributed by atoms with Crippen molar-refractivity contribution in [2.24, 2.45) is 7.05 Å². The Labute approximate surface area is 150 Å². The van der Waals surface area contributed by atoms with Crippen LogP contribution in [-0.4, -0.2) is 44.1 Å². The van der Waals surface area contributed by atoms with Crippen LogP contribution >= 0.6 is 0 Å². The van der Waals surface area contributed by atoms with Crippen molar-refractivity contribution in [1.82, 2.24) is 14.5 Å². The van der Waals surface area contributed by atoms with Crippen molar-refractivity contribution < 1.29 is 14.9 Å². The van der Waals surface area contributed by atoms with Gasteiger partial charge in [-0.15, -0.1) is 0 Å². The molecule has 3 heterocycles. The van der Waals surface area contributed by atoms with Crippen LogP contribution in [0.3, 0.4) is 0 Å². The van der Waals surface area contributed by atoms with Gasteiger partial charge in [0.05, 0.1) is 6.61 Å². The maximum atomic E-state index is 9.55. The lowest BCUT2D eigenvalue weighted by molar-refractivity contribution is 0.0534. The number of aliphatic hydroxyl groups excluding tert-OH is 2. The highest BCUT2D eigenvalue weighted by Crippen LogP contribution is 2.35. The van der Waals surface area contributed by atoms with Crippen molar-refractivity contribution in [2.45, 2.75) is 13.0 Å². The number of ether oxygens (including phenoxy) is 1. The van der Waals surface area contributed by atoms with E-state index >= 15 is 0 Å². The second-order valence-corrected chi connectivity index (χ2v) is 6.56. The molecule has 0 saturated heterocycles. The summed E-state index contributed by atoms with van der Waals surface area (Å²) in [7, 11) is 2.02. The van der Waals surface area contributed by atoms with Gasteiger partial charge < -0.3 is 24.5 Å². The molecule has 0 fully saturated rings. The molecule has 4 aromatic rings. The number of aliphatic hydroxyl groups is 2. The molecule has 1 aromatic carbocycles. The van der Waals surface area contributed by atoms with Gasteiger partial charge in [-0.25, -0.2) is 4.98 Å². The Kier molecular flexibility index (Phi) is 4.14. The van der Waals surface area contributed by atoms with Crippen LogP contribution in [0, 0.1) is 6.92 Å². The summed E-state index contributed by atoms with van der Waals surface area (Å²) in [5.74, 6) is 0.701. The SMILES string of the molecule is Cc1cc2c(cc1OCC(O)CO)c(-c1cc3cccnc3[nH]1)cn2C. The van der Waals surface area contributed by atoms with E-state index in [1.165, 1.54) is 0 Å². The third-order valence-corrected chi connectivity index (χ3v) is 4.61. The highest BCUT2D eigenvalue weighted by Gasteiger charge is 2.15. The van der Waals surface area contributed by atoms with E-state index in [1.54, 1.807) is 6.20 Å². The van der Waals surface area contributed by atoms with E-state index in [0.29, 0.717) is 5.75 Å². The van der Waals surface area contributed by atoms with Crippen molar-refractivity contribution in [3.63, 3.8) is 0 Å². The quantitative estimate of drug-likeness (QED) is 0.516. The summed E-state index contributed by atoms with van der Waals surface area (Å²) < 4.78 is 7.80. The zero-order chi connectivity index (χ0) is 18.3. The molecule has 0 aliphatic carbocycles. The molecule has 0 bridgehead atoms. The number of pyridine rings is 1. The zero-order valence-electron chi connectivity index (χ0n) is 14.7. The maximum absolute atomic E-state index is 9.55. The van der Waals surface area contributed by atoms with E-state index in [1.807, 2.05) is 32.2 Å². The molecule has 26 heavy (non-hydrogen) atoms. The molecule has 4 rings (SSSR count). The Balaban J connectivity index is 1.81. The Morgan fingerprint density at radius 1 is 1.31 bits per heavy atom. The standard InChI is InChI=1S/C20H21N3O3/c1-12-6-18-15(8-19(12)26-11-14(25)10-24)16(9-23(18)2)17-7-13-4-3-5-21-20(13)22-17/h3-9,14,24-25H,10-11H2,1-2H3,(H,21,22). The van der Waals surface area contributed by atoms with Crippen LogP contribution < -0.4 is 4.74 Å². The summed E-state index contributed by atoms with van der Waals surface area (Å²) in [4.78, 5) is 7.74. The number of hydrogen-bond donors (Lipinski definition) is 3. The third kappa shape index (κ3) is 2.83. The molecule has 0 aliphatic rings. The molecule has 0 saturated carbocycles. The van der Waals surface area contributed by atoms with E-state index < -0.39 is 6.10 Å². The number of aryl methyl sites for hydroxylation is 2. The molecule has 3 N–H and O–H groups in total. The van der Waals surface area contributed by atoms with E-state index in [2.05, 4.69) is 32.9 Å². The van der Waals surface area contributed by atoms with E-state index in [4.69, 9.17) is 9.84 Å². The normalized spacial score (nSPS) is 12.8. The number of aromatic nitrogens is 3. The molecule has 3 aromatic heterocycles.